The molecule has 1 aliphatic rings. The number of hydrogen-bond donors (Lipinski definition) is 1. The molecular formula is C16H19NO. The summed E-state index contributed by atoms with van der Waals surface area (Å²) in [6.07, 6.45) is 6.04. The Kier molecular flexibility index (Phi) is 3.20. The first-order chi connectivity index (χ1) is 8.81. The molecule has 1 N–H and O–H groups in total. The van der Waals surface area contributed by atoms with E-state index in [4.69, 9.17) is 4.42 Å². The van der Waals surface area contributed by atoms with E-state index in [0.29, 0.717) is 6.04 Å². The van der Waals surface area contributed by atoms with Crippen LogP contribution < -0.4 is 5.32 Å². The highest BCUT2D eigenvalue weighted by molar-refractivity contribution is 5.26. The quantitative estimate of drug-likeness (QED) is 0.884. The maximum atomic E-state index is 5.06. The molecule has 1 heterocycles. The fourth-order valence-electron chi connectivity index (χ4n) is 2.55. The Morgan fingerprint density at radius 3 is 2.61 bits per heavy atom. The monoisotopic (exact) mass is 241 g/mol. The smallest absolute Gasteiger partial charge is 0.0947 e. The molecule has 1 aromatic carbocycles. The molecule has 0 aliphatic heterocycles. The summed E-state index contributed by atoms with van der Waals surface area (Å²) >= 11 is 0. The number of aryl methyl sites for hydroxylation is 1. The van der Waals surface area contributed by atoms with Gasteiger partial charge in [0, 0.05) is 18.2 Å². The van der Waals surface area contributed by atoms with Crippen LogP contribution in [0, 0.1) is 6.92 Å². The van der Waals surface area contributed by atoms with Gasteiger partial charge in [0.2, 0.25) is 0 Å². The molecule has 1 saturated carbocycles. The summed E-state index contributed by atoms with van der Waals surface area (Å²) in [6, 6.07) is 11.6. The van der Waals surface area contributed by atoms with E-state index in [1.807, 2.05) is 12.3 Å². The molecule has 0 bridgehead atoms. The predicted molar refractivity (Wildman–Crippen MR) is 72.5 cm³/mol. The summed E-state index contributed by atoms with van der Waals surface area (Å²) in [5, 5.41) is 3.57. The second-order valence-electron chi connectivity index (χ2n) is 5.29. The van der Waals surface area contributed by atoms with Gasteiger partial charge in [0.25, 0.3) is 0 Å². The normalized spacial score (nSPS) is 22.7. The Morgan fingerprint density at radius 1 is 1.17 bits per heavy atom. The van der Waals surface area contributed by atoms with Crippen LogP contribution in [0.1, 0.15) is 35.4 Å². The second kappa shape index (κ2) is 4.99. The summed E-state index contributed by atoms with van der Waals surface area (Å²) < 4.78 is 5.06. The van der Waals surface area contributed by atoms with Crippen molar-refractivity contribution in [2.24, 2.45) is 0 Å². The minimum Gasteiger partial charge on any atom is -0.472 e. The third-order valence-electron chi connectivity index (χ3n) is 3.86. The van der Waals surface area contributed by atoms with Gasteiger partial charge in [-0.25, -0.2) is 0 Å². The van der Waals surface area contributed by atoms with Crippen molar-refractivity contribution in [1.29, 1.82) is 0 Å². The second-order valence-corrected chi connectivity index (χ2v) is 5.29. The van der Waals surface area contributed by atoms with Crippen molar-refractivity contribution in [1.82, 2.24) is 5.32 Å². The van der Waals surface area contributed by atoms with Gasteiger partial charge in [-0.1, -0.05) is 29.8 Å². The van der Waals surface area contributed by atoms with Gasteiger partial charge >= 0.3 is 0 Å². The van der Waals surface area contributed by atoms with Gasteiger partial charge in [0.1, 0.15) is 0 Å². The van der Waals surface area contributed by atoms with Gasteiger partial charge in [-0.05, 0) is 37.3 Å². The Morgan fingerprint density at radius 2 is 1.94 bits per heavy atom. The first kappa shape index (κ1) is 11.5. The zero-order chi connectivity index (χ0) is 12.4. The van der Waals surface area contributed by atoms with E-state index in [1.165, 1.54) is 29.5 Å². The van der Waals surface area contributed by atoms with Crippen molar-refractivity contribution in [2.45, 2.75) is 38.3 Å². The average Bonchev–Trinajstić information content (AvgIpc) is 2.82. The molecule has 1 aromatic heterocycles. The largest absolute Gasteiger partial charge is 0.472 e. The number of nitrogens with one attached hydrogen (secondary N) is 1. The molecule has 0 saturated heterocycles. The molecule has 0 spiro atoms. The van der Waals surface area contributed by atoms with E-state index in [1.54, 1.807) is 6.26 Å². The number of hydrogen-bond acceptors (Lipinski definition) is 2. The molecule has 0 atom stereocenters. The third-order valence-corrected chi connectivity index (χ3v) is 3.86. The van der Waals surface area contributed by atoms with Crippen LogP contribution in [0.15, 0.2) is 47.3 Å². The van der Waals surface area contributed by atoms with Crippen LogP contribution in [0.3, 0.4) is 0 Å². The van der Waals surface area contributed by atoms with Crippen molar-refractivity contribution in [3.05, 3.63) is 59.5 Å². The highest BCUT2D eigenvalue weighted by Crippen LogP contribution is 2.36. The summed E-state index contributed by atoms with van der Waals surface area (Å²) in [6.45, 7) is 3.06. The topological polar surface area (TPSA) is 25.2 Å². The van der Waals surface area contributed by atoms with Crippen LogP contribution in [0.25, 0.3) is 0 Å². The fraction of sp³-hybridized carbons (Fsp3) is 0.375. The minimum atomic E-state index is 0.659. The molecule has 0 amide bonds. The van der Waals surface area contributed by atoms with Gasteiger partial charge in [-0.15, -0.1) is 0 Å². The Bertz CT molecular complexity index is 480. The highest BCUT2D eigenvalue weighted by atomic mass is 16.3. The van der Waals surface area contributed by atoms with E-state index in [2.05, 4.69) is 36.5 Å². The summed E-state index contributed by atoms with van der Waals surface area (Å²) in [4.78, 5) is 0. The lowest BCUT2D eigenvalue weighted by molar-refractivity contribution is 0.289. The average molecular weight is 241 g/mol. The van der Waals surface area contributed by atoms with Crippen molar-refractivity contribution < 1.29 is 4.42 Å². The van der Waals surface area contributed by atoms with Gasteiger partial charge in [0.15, 0.2) is 0 Å². The summed E-state index contributed by atoms with van der Waals surface area (Å²) in [5.74, 6) is 0.743. The van der Waals surface area contributed by atoms with E-state index in [0.717, 1.165) is 12.5 Å². The van der Waals surface area contributed by atoms with Gasteiger partial charge in [-0.2, -0.15) is 0 Å². The standard InChI is InChI=1S/C16H19NO/c1-12-2-4-14(5-3-12)15-8-16(9-15)17-10-13-6-7-18-11-13/h2-7,11,15-17H,8-10H2,1H3. The lowest BCUT2D eigenvalue weighted by Crippen LogP contribution is -2.39. The van der Waals surface area contributed by atoms with Crippen LogP contribution in [-0.2, 0) is 6.54 Å². The molecule has 94 valence electrons. The molecule has 1 aliphatic carbocycles. The number of furan rings is 1. The van der Waals surface area contributed by atoms with Crippen molar-refractivity contribution in [3.8, 4) is 0 Å². The summed E-state index contributed by atoms with van der Waals surface area (Å²) in [5.41, 5.74) is 4.06. The lowest BCUT2D eigenvalue weighted by Gasteiger charge is -2.36. The number of rotatable bonds is 4. The SMILES string of the molecule is Cc1ccc(C2CC(NCc3ccoc3)C2)cc1. The Balaban J connectivity index is 1.47. The molecule has 0 radical (unpaired) electrons. The molecule has 2 nitrogen and oxygen atoms in total. The van der Waals surface area contributed by atoms with Crippen LogP contribution in [-0.4, -0.2) is 6.04 Å². The van der Waals surface area contributed by atoms with Crippen LogP contribution in [0.5, 0.6) is 0 Å². The van der Waals surface area contributed by atoms with Crippen LogP contribution in [0.2, 0.25) is 0 Å². The van der Waals surface area contributed by atoms with Gasteiger partial charge in [-0.3, -0.25) is 0 Å². The first-order valence-electron chi connectivity index (χ1n) is 6.62. The molecule has 2 heteroatoms. The predicted octanol–water partition coefficient (Wildman–Crippen LogP) is 3.62. The number of benzene rings is 1. The zero-order valence-electron chi connectivity index (χ0n) is 10.7. The molecule has 1 fully saturated rings. The molecule has 18 heavy (non-hydrogen) atoms. The fourth-order valence-corrected chi connectivity index (χ4v) is 2.55. The van der Waals surface area contributed by atoms with Gasteiger partial charge < -0.3 is 9.73 Å². The van der Waals surface area contributed by atoms with Crippen molar-refractivity contribution in [3.63, 3.8) is 0 Å². The maximum Gasteiger partial charge on any atom is 0.0947 e. The van der Waals surface area contributed by atoms with E-state index in [9.17, 15) is 0 Å². The summed E-state index contributed by atoms with van der Waals surface area (Å²) in [7, 11) is 0. The van der Waals surface area contributed by atoms with E-state index >= 15 is 0 Å². The van der Waals surface area contributed by atoms with Crippen LogP contribution >= 0.6 is 0 Å². The first-order valence-corrected chi connectivity index (χ1v) is 6.62. The van der Waals surface area contributed by atoms with Gasteiger partial charge in [0.05, 0.1) is 12.5 Å². The molecule has 2 aromatic rings. The van der Waals surface area contributed by atoms with E-state index in [-0.39, 0.29) is 0 Å². The minimum absolute atomic E-state index is 0.659. The lowest BCUT2D eigenvalue weighted by atomic mass is 9.75. The maximum absolute atomic E-state index is 5.06. The molecule has 0 unspecified atom stereocenters. The van der Waals surface area contributed by atoms with Crippen LogP contribution in [0.4, 0.5) is 0 Å². The third kappa shape index (κ3) is 2.49. The van der Waals surface area contributed by atoms with Crippen molar-refractivity contribution in [2.75, 3.05) is 0 Å². The Labute approximate surface area is 108 Å². The molecular weight excluding hydrogens is 222 g/mol. The zero-order valence-corrected chi connectivity index (χ0v) is 10.7. The Hall–Kier alpha value is -1.54. The van der Waals surface area contributed by atoms with Crippen molar-refractivity contribution >= 4 is 0 Å². The highest BCUT2D eigenvalue weighted by Gasteiger charge is 2.29. The molecule has 3 rings (SSSR count). The van der Waals surface area contributed by atoms with E-state index < -0.39 is 0 Å².